The van der Waals surface area contributed by atoms with Crippen LogP contribution in [-0.4, -0.2) is 130 Å². The number of benzene rings is 1. The van der Waals surface area contributed by atoms with E-state index in [0.717, 1.165) is 12.0 Å². The number of hydrogen-bond donors (Lipinski definition) is 1. The first kappa shape index (κ1) is 47.0. The minimum Gasteiger partial charge on any atom is -0.458 e. The summed E-state index contributed by atoms with van der Waals surface area (Å²) >= 11 is 0. The first-order valence-corrected chi connectivity index (χ1v) is 24.2. The van der Waals surface area contributed by atoms with Crippen LogP contribution in [0.1, 0.15) is 80.2 Å². The summed E-state index contributed by atoms with van der Waals surface area (Å²) in [6, 6.07) is 9.13. The number of methoxy groups -OCH3 is 1. The van der Waals surface area contributed by atoms with Crippen molar-refractivity contribution in [3.05, 3.63) is 35.9 Å². The van der Waals surface area contributed by atoms with E-state index in [1.165, 1.54) is 0 Å². The highest BCUT2D eigenvalue weighted by Gasteiger charge is 2.60. The number of esters is 1. The topological polar surface area (TPSA) is 142 Å². The molecule has 57 heavy (non-hydrogen) atoms. The van der Waals surface area contributed by atoms with Crippen molar-refractivity contribution in [3.63, 3.8) is 0 Å². The molecule has 1 aromatic rings. The Bertz CT molecular complexity index is 1540. The molecule has 3 heterocycles. The van der Waals surface area contributed by atoms with Gasteiger partial charge in [-0.2, -0.15) is 0 Å². The van der Waals surface area contributed by atoms with E-state index >= 15 is 0 Å². The van der Waals surface area contributed by atoms with Gasteiger partial charge in [-0.3, -0.25) is 19.3 Å². The van der Waals surface area contributed by atoms with E-state index in [-0.39, 0.29) is 37.3 Å². The lowest BCUT2D eigenvalue weighted by Crippen LogP contribution is -2.61. The molecule has 13 atom stereocenters. The molecule has 322 valence electrons. The number of ketones is 2. The summed E-state index contributed by atoms with van der Waals surface area (Å²) < 4.78 is 38.9. The Morgan fingerprint density at radius 3 is 2.19 bits per heavy atom. The molecule has 0 radical (unpaired) electrons. The second kappa shape index (κ2) is 19.1. The largest absolute Gasteiger partial charge is 0.458 e. The summed E-state index contributed by atoms with van der Waals surface area (Å²) in [6.07, 6.45) is -2.81. The highest BCUT2D eigenvalue weighted by molar-refractivity contribution is 6.69. The van der Waals surface area contributed by atoms with E-state index < -0.39 is 91.7 Å². The molecule has 0 aliphatic carbocycles. The Labute approximate surface area is 342 Å². The van der Waals surface area contributed by atoms with Crippen molar-refractivity contribution in [3.8, 4) is 0 Å². The van der Waals surface area contributed by atoms with Gasteiger partial charge in [0.25, 0.3) is 0 Å². The maximum Gasteiger partial charge on any atom is 0.410 e. The Morgan fingerprint density at radius 2 is 1.61 bits per heavy atom. The van der Waals surface area contributed by atoms with Crippen molar-refractivity contribution >= 4 is 31.9 Å². The molecular formula is C43H71N3O10Si. The molecule has 1 amide bonds. The molecule has 0 unspecified atom stereocenters. The monoisotopic (exact) mass is 817 g/mol. The maximum absolute atomic E-state index is 14.8. The lowest BCUT2D eigenvalue weighted by atomic mass is 9.73. The van der Waals surface area contributed by atoms with E-state index in [0.29, 0.717) is 13.1 Å². The van der Waals surface area contributed by atoms with Crippen LogP contribution >= 0.6 is 0 Å². The fraction of sp³-hybridized carbons (Fsp3) is 0.767. The van der Waals surface area contributed by atoms with Crippen LogP contribution in [0.25, 0.3) is 0 Å². The first-order valence-electron chi connectivity index (χ1n) is 20.8. The van der Waals surface area contributed by atoms with Gasteiger partial charge >= 0.3 is 12.1 Å². The van der Waals surface area contributed by atoms with Gasteiger partial charge in [-0.05, 0) is 86.3 Å². The van der Waals surface area contributed by atoms with Gasteiger partial charge < -0.3 is 38.3 Å². The SMILES string of the molecule is CC[C@H]1OC(=O)[C@H](C)C(=O)[C@H](C)[C@@H](O[C@@H]2O[C@H](C)C[C@H](N(C)C)[C@H]2O[Si](C)(C)C)[C@](C)(OC)C[C@@H](C)C(=O)[C@H](C)[C@@H]2N(CCNCc3ccccc3)C(=O)O[C@@]21C. The smallest absolute Gasteiger partial charge is 0.410 e. The minimum atomic E-state index is -2.14. The third-order valence-corrected chi connectivity index (χ3v) is 13.3. The van der Waals surface area contributed by atoms with Crippen LogP contribution in [0, 0.1) is 23.7 Å². The molecule has 3 aliphatic heterocycles. The quantitative estimate of drug-likeness (QED) is 0.117. The molecule has 4 rings (SSSR count). The average molecular weight is 818 g/mol. The predicted molar refractivity (Wildman–Crippen MR) is 220 cm³/mol. The van der Waals surface area contributed by atoms with Crippen molar-refractivity contribution in [1.82, 2.24) is 15.1 Å². The van der Waals surface area contributed by atoms with Crippen molar-refractivity contribution < 1.29 is 47.3 Å². The van der Waals surface area contributed by atoms with Crippen molar-refractivity contribution in [2.45, 2.75) is 155 Å². The summed E-state index contributed by atoms with van der Waals surface area (Å²) in [4.78, 5) is 60.8. The van der Waals surface area contributed by atoms with Crippen LogP contribution in [0.5, 0.6) is 0 Å². The number of carbonyl (C=O) groups is 4. The van der Waals surface area contributed by atoms with Gasteiger partial charge in [0.2, 0.25) is 0 Å². The number of hydrogen-bond acceptors (Lipinski definition) is 12. The highest BCUT2D eigenvalue weighted by Crippen LogP contribution is 2.43. The molecular weight excluding hydrogens is 747 g/mol. The first-order chi connectivity index (χ1) is 26.6. The lowest BCUT2D eigenvalue weighted by Gasteiger charge is -2.49. The lowest BCUT2D eigenvalue weighted by molar-refractivity contribution is -0.292. The number of amides is 1. The van der Waals surface area contributed by atoms with E-state index in [1.807, 2.05) is 79.0 Å². The Kier molecular flexibility index (Phi) is 15.7. The van der Waals surface area contributed by atoms with Gasteiger partial charge in [0.05, 0.1) is 23.9 Å². The van der Waals surface area contributed by atoms with E-state index in [9.17, 15) is 19.2 Å². The summed E-state index contributed by atoms with van der Waals surface area (Å²) in [5.41, 5.74) is -1.49. The van der Waals surface area contributed by atoms with Crippen LogP contribution in [0.4, 0.5) is 4.79 Å². The number of fused-ring (bicyclic) bond motifs is 1. The fourth-order valence-corrected chi connectivity index (χ4v) is 10.3. The molecule has 13 nitrogen and oxygen atoms in total. The maximum atomic E-state index is 14.8. The Balaban J connectivity index is 1.75. The van der Waals surface area contributed by atoms with E-state index in [2.05, 4.69) is 29.9 Å². The number of ether oxygens (including phenoxy) is 5. The van der Waals surface area contributed by atoms with E-state index in [4.69, 9.17) is 28.1 Å². The molecule has 3 fully saturated rings. The predicted octanol–water partition coefficient (Wildman–Crippen LogP) is 5.84. The van der Waals surface area contributed by atoms with Crippen molar-refractivity contribution in [1.29, 1.82) is 0 Å². The standard InChI is InChI=1S/C43H71N3O10Si/c1-15-33-43(8)37(46(41(50)55-43)22-21-44-25-31-19-17-16-18-20-31)28(4)34(47)26(2)24-42(7,51-11)38(29(5)35(48)30(6)39(49)53-33)54-40-36(56-57(12,13)14)32(45(9)10)23-27(3)52-40/h16-20,26-30,32-33,36-38,40,44H,15,21-25H2,1-14H3/t26-,27-,28+,29+,30-,32+,33-,36-,37+,38-,40+,42-,43-/m1/s1. The van der Waals surface area contributed by atoms with E-state index in [1.54, 1.807) is 32.8 Å². The normalized spacial score (nSPS) is 37.5. The summed E-state index contributed by atoms with van der Waals surface area (Å²) in [5.74, 6) is -4.67. The summed E-state index contributed by atoms with van der Waals surface area (Å²) in [7, 11) is 3.43. The molecule has 1 N–H and O–H groups in total. The molecule has 0 aromatic heterocycles. The zero-order valence-corrected chi connectivity index (χ0v) is 38.0. The number of nitrogens with one attached hydrogen (secondary N) is 1. The van der Waals surface area contributed by atoms with Gasteiger partial charge in [-0.1, -0.05) is 58.0 Å². The van der Waals surface area contributed by atoms with Gasteiger partial charge in [-0.25, -0.2) is 4.79 Å². The van der Waals surface area contributed by atoms with Crippen LogP contribution < -0.4 is 5.32 Å². The van der Waals surface area contributed by atoms with Crippen LogP contribution in [0.2, 0.25) is 19.6 Å². The van der Waals surface area contributed by atoms with Crippen LogP contribution in [-0.2, 0) is 49.0 Å². The van der Waals surface area contributed by atoms with Gasteiger partial charge in [0.1, 0.15) is 23.9 Å². The number of carbonyl (C=O) groups excluding carboxylic acids is 4. The molecule has 1 aromatic carbocycles. The van der Waals surface area contributed by atoms with Crippen molar-refractivity contribution in [2.75, 3.05) is 34.3 Å². The van der Waals surface area contributed by atoms with Crippen LogP contribution in [0.3, 0.4) is 0 Å². The molecule has 0 bridgehead atoms. The third-order valence-electron chi connectivity index (χ3n) is 12.3. The number of Topliss-reactive ketones (excluding diaryl/α,β-unsaturated/α-hetero) is 2. The average Bonchev–Trinajstić information content (AvgIpc) is 3.41. The number of cyclic esters (lactones) is 1. The number of likely N-dealkylation sites (N-methyl/N-ethyl adjacent to an activating group) is 1. The molecule has 14 heteroatoms. The van der Waals surface area contributed by atoms with Gasteiger partial charge in [-0.15, -0.1) is 0 Å². The van der Waals surface area contributed by atoms with Gasteiger partial charge in [0, 0.05) is 50.5 Å². The second-order valence-electron chi connectivity index (χ2n) is 18.2. The summed E-state index contributed by atoms with van der Waals surface area (Å²) in [5, 5.41) is 3.40. The number of rotatable bonds is 12. The van der Waals surface area contributed by atoms with Gasteiger partial charge in [0.15, 0.2) is 26.0 Å². The molecule has 0 spiro atoms. The second-order valence-corrected chi connectivity index (χ2v) is 22.7. The highest BCUT2D eigenvalue weighted by atomic mass is 28.4. The molecule has 3 aliphatic rings. The minimum absolute atomic E-state index is 0.0350. The Hall–Kier alpha value is -2.72. The Morgan fingerprint density at radius 1 is 0.965 bits per heavy atom. The zero-order chi connectivity index (χ0) is 42.6. The fourth-order valence-electron chi connectivity index (χ4n) is 9.26. The number of nitrogens with zero attached hydrogens (tertiary/aromatic N) is 2. The molecule has 0 saturated carbocycles. The van der Waals surface area contributed by atoms with Crippen molar-refractivity contribution in [2.24, 2.45) is 23.7 Å². The van der Waals surface area contributed by atoms with Crippen LogP contribution in [0.15, 0.2) is 30.3 Å². The zero-order valence-electron chi connectivity index (χ0n) is 37.0. The third kappa shape index (κ3) is 10.7. The molecule has 3 saturated heterocycles. The summed E-state index contributed by atoms with van der Waals surface area (Å²) in [6.45, 7) is 22.0.